The van der Waals surface area contributed by atoms with Crippen LogP contribution in [0.5, 0.6) is 0 Å². The molecule has 0 aliphatic rings. The Hall–Kier alpha value is -2.75. The van der Waals surface area contributed by atoms with E-state index in [0.717, 1.165) is 0 Å². The topological polar surface area (TPSA) is 118 Å². The quantitative estimate of drug-likeness (QED) is 0.550. The van der Waals surface area contributed by atoms with Gasteiger partial charge >= 0.3 is 5.97 Å². The molecule has 152 valence electrons. The fourth-order valence-corrected chi connectivity index (χ4v) is 3.95. The number of ether oxygens (including phenoxy) is 1. The minimum atomic E-state index is -3.79. The number of benzene rings is 2. The fraction of sp³-hybridized carbons (Fsp3) is 0.211. The smallest absolute Gasteiger partial charge is 0.307 e. The van der Waals surface area contributed by atoms with E-state index in [2.05, 4.69) is 14.7 Å². The van der Waals surface area contributed by atoms with Gasteiger partial charge in [0.15, 0.2) is 11.9 Å². The van der Waals surface area contributed by atoms with Gasteiger partial charge in [-0.3, -0.25) is 9.59 Å². The third-order valence-electron chi connectivity index (χ3n) is 4.05. The highest BCUT2D eigenvalue weighted by molar-refractivity contribution is 7.89. The predicted octanol–water partition coefficient (Wildman–Crippen LogP) is 2.55. The number of H-pyrrole nitrogens is 1. The van der Waals surface area contributed by atoms with Crippen LogP contribution in [0.2, 0.25) is 5.02 Å². The second-order valence-electron chi connectivity index (χ2n) is 6.21. The van der Waals surface area contributed by atoms with Gasteiger partial charge in [0.1, 0.15) is 0 Å². The molecule has 29 heavy (non-hydrogen) atoms. The van der Waals surface area contributed by atoms with Crippen molar-refractivity contribution in [1.82, 2.24) is 14.7 Å². The SMILES string of the molecule is C[C@@H](OC(=O)CCNS(=O)(=O)c1cccc(Cl)c1)c1nc2ccccc2c(=O)[nH]1. The molecule has 3 aromatic rings. The summed E-state index contributed by atoms with van der Waals surface area (Å²) < 4.78 is 32.0. The maximum absolute atomic E-state index is 12.2. The van der Waals surface area contributed by atoms with Gasteiger partial charge in [0.25, 0.3) is 5.56 Å². The second kappa shape index (κ2) is 8.73. The van der Waals surface area contributed by atoms with Crippen LogP contribution < -0.4 is 10.3 Å². The van der Waals surface area contributed by atoms with Gasteiger partial charge in [-0.05, 0) is 37.3 Å². The third-order valence-corrected chi connectivity index (χ3v) is 5.75. The highest BCUT2D eigenvalue weighted by Crippen LogP contribution is 2.16. The van der Waals surface area contributed by atoms with Crippen LogP contribution in [0.1, 0.15) is 25.3 Å². The molecule has 0 spiro atoms. The third kappa shape index (κ3) is 5.20. The van der Waals surface area contributed by atoms with Gasteiger partial charge in [-0.15, -0.1) is 0 Å². The Kier molecular flexibility index (Phi) is 6.31. The molecule has 0 fully saturated rings. The van der Waals surface area contributed by atoms with Crippen LogP contribution in [0.25, 0.3) is 10.9 Å². The van der Waals surface area contributed by atoms with Crippen LogP contribution in [-0.4, -0.2) is 30.9 Å². The summed E-state index contributed by atoms with van der Waals surface area (Å²) >= 11 is 5.80. The number of esters is 1. The molecule has 0 radical (unpaired) electrons. The predicted molar refractivity (Wildman–Crippen MR) is 108 cm³/mol. The van der Waals surface area contributed by atoms with Crippen molar-refractivity contribution in [2.75, 3.05) is 6.54 Å². The van der Waals surface area contributed by atoms with Crippen molar-refractivity contribution in [3.63, 3.8) is 0 Å². The molecule has 10 heteroatoms. The van der Waals surface area contributed by atoms with Crippen LogP contribution in [0.4, 0.5) is 0 Å². The molecular weight excluding hydrogens is 418 g/mol. The van der Waals surface area contributed by atoms with Crippen LogP contribution >= 0.6 is 11.6 Å². The van der Waals surface area contributed by atoms with Gasteiger partial charge < -0.3 is 9.72 Å². The highest BCUT2D eigenvalue weighted by atomic mass is 35.5. The molecule has 0 bridgehead atoms. The van der Waals surface area contributed by atoms with Crippen molar-refractivity contribution in [2.24, 2.45) is 0 Å². The fourth-order valence-electron chi connectivity index (χ4n) is 2.61. The second-order valence-corrected chi connectivity index (χ2v) is 8.41. The zero-order chi connectivity index (χ0) is 21.0. The number of aromatic nitrogens is 2. The molecule has 0 saturated carbocycles. The molecule has 2 aromatic carbocycles. The van der Waals surface area contributed by atoms with E-state index in [0.29, 0.717) is 10.9 Å². The lowest BCUT2D eigenvalue weighted by Gasteiger charge is -2.13. The molecule has 0 unspecified atom stereocenters. The number of rotatable bonds is 7. The Balaban J connectivity index is 1.59. The van der Waals surface area contributed by atoms with E-state index in [-0.39, 0.29) is 34.3 Å². The number of fused-ring (bicyclic) bond motifs is 1. The summed E-state index contributed by atoms with van der Waals surface area (Å²) in [6.07, 6.45) is -0.994. The molecule has 1 heterocycles. The lowest BCUT2D eigenvalue weighted by atomic mass is 10.2. The van der Waals surface area contributed by atoms with Crippen molar-refractivity contribution >= 4 is 38.5 Å². The first-order chi connectivity index (χ1) is 13.8. The lowest BCUT2D eigenvalue weighted by molar-refractivity contribution is -0.148. The van der Waals surface area contributed by atoms with Gasteiger partial charge in [0, 0.05) is 11.6 Å². The highest BCUT2D eigenvalue weighted by Gasteiger charge is 2.18. The molecule has 0 saturated heterocycles. The van der Waals surface area contributed by atoms with Crippen LogP contribution in [0, 0.1) is 0 Å². The van der Waals surface area contributed by atoms with Crippen molar-refractivity contribution < 1.29 is 17.9 Å². The van der Waals surface area contributed by atoms with E-state index < -0.39 is 22.1 Å². The first-order valence-corrected chi connectivity index (χ1v) is 10.6. The standard InChI is InChI=1S/C19H18ClN3O5S/c1-12(18-22-16-8-3-2-7-15(16)19(25)23-18)28-17(24)9-10-21-29(26,27)14-6-4-5-13(20)11-14/h2-8,11-12,21H,9-10H2,1H3,(H,22,23,25)/t12-/m1/s1. The Morgan fingerprint density at radius 1 is 1.24 bits per heavy atom. The van der Waals surface area contributed by atoms with Gasteiger partial charge in [-0.25, -0.2) is 18.1 Å². The summed E-state index contributed by atoms with van der Waals surface area (Å²) in [7, 11) is -3.79. The maximum atomic E-state index is 12.2. The van der Waals surface area contributed by atoms with Gasteiger partial charge in [-0.2, -0.15) is 0 Å². The van der Waals surface area contributed by atoms with Crippen molar-refractivity contribution in [1.29, 1.82) is 0 Å². The Morgan fingerprint density at radius 2 is 2.00 bits per heavy atom. The number of hydrogen-bond acceptors (Lipinski definition) is 6. The minimum absolute atomic E-state index is 0.00433. The van der Waals surface area contributed by atoms with E-state index >= 15 is 0 Å². The van der Waals surface area contributed by atoms with Crippen molar-refractivity contribution in [3.8, 4) is 0 Å². The number of halogens is 1. The number of nitrogens with zero attached hydrogens (tertiary/aromatic N) is 1. The monoisotopic (exact) mass is 435 g/mol. The molecule has 2 N–H and O–H groups in total. The molecule has 8 nitrogen and oxygen atoms in total. The Bertz CT molecular complexity index is 1210. The van der Waals surface area contributed by atoms with Crippen LogP contribution in [0.3, 0.4) is 0 Å². The van der Waals surface area contributed by atoms with Crippen LogP contribution in [0.15, 0.2) is 58.2 Å². The minimum Gasteiger partial charge on any atom is -0.454 e. The summed E-state index contributed by atoms with van der Waals surface area (Å²) in [5.41, 5.74) is 0.159. The molecule has 0 aliphatic heterocycles. The zero-order valence-electron chi connectivity index (χ0n) is 15.4. The normalized spacial score (nSPS) is 12.6. The lowest BCUT2D eigenvalue weighted by Crippen LogP contribution is -2.27. The zero-order valence-corrected chi connectivity index (χ0v) is 17.0. The van der Waals surface area contributed by atoms with Gasteiger partial charge in [0.05, 0.1) is 22.2 Å². The first kappa shape index (κ1) is 21.0. The maximum Gasteiger partial charge on any atom is 0.307 e. The van der Waals surface area contributed by atoms with Crippen molar-refractivity contribution in [3.05, 3.63) is 69.7 Å². The van der Waals surface area contributed by atoms with Crippen molar-refractivity contribution in [2.45, 2.75) is 24.3 Å². The number of carbonyl (C=O) groups excluding carboxylic acids is 1. The van der Waals surface area contributed by atoms with Gasteiger partial charge in [-0.1, -0.05) is 29.8 Å². The average molecular weight is 436 g/mol. The number of nitrogens with one attached hydrogen (secondary N) is 2. The summed E-state index contributed by atoms with van der Waals surface area (Å²) in [6.45, 7) is 1.42. The molecule has 1 aromatic heterocycles. The number of aromatic amines is 1. The molecule has 0 aliphatic carbocycles. The van der Waals surface area contributed by atoms with Crippen LogP contribution in [-0.2, 0) is 19.6 Å². The van der Waals surface area contributed by atoms with Gasteiger partial charge in [0.2, 0.25) is 10.0 Å². The van der Waals surface area contributed by atoms with E-state index in [1.54, 1.807) is 37.3 Å². The molecular formula is C19H18ClN3O5S. The number of sulfonamides is 1. The van der Waals surface area contributed by atoms with E-state index in [9.17, 15) is 18.0 Å². The molecule has 3 rings (SSSR count). The summed E-state index contributed by atoms with van der Waals surface area (Å²) in [4.78, 5) is 31.1. The number of hydrogen-bond donors (Lipinski definition) is 2. The Morgan fingerprint density at radius 3 is 2.76 bits per heavy atom. The summed E-state index contributed by atoms with van der Waals surface area (Å²) in [5.74, 6) is -0.427. The largest absolute Gasteiger partial charge is 0.454 e. The van der Waals surface area contributed by atoms with E-state index in [1.807, 2.05) is 0 Å². The average Bonchev–Trinajstić information content (AvgIpc) is 2.67. The molecule has 1 atom stereocenters. The summed E-state index contributed by atoms with van der Waals surface area (Å²) in [5, 5.41) is 0.725. The number of carbonyl (C=O) groups is 1. The molecule has 0 amide bonds. The van der Waals surface area contributed by atoms with E-state index in [1.165, 1.54) is 18.2 Å². The van der Waals surface area contributed by atoms with E-state index in [4.69, 9.17) is 16.3 Å². The first-order valence-electron chi connectivity index (χ1n) is 8.70. The summed E-state index contributed by atoms with van der Waals surface area (Å²) in [6, 6.07) is 12.6. The number of para-hydroxylation sites is 1. The Labute approximate surface area is 171 Å².